The smallest absolute Gasteiger partial charge is 0.326 e. The van der Waals surface area contributed by atoms with Crippen molar-refractivity contribution in [2.24, 2.45) is 17.4 Å². The number of aromatic amines is 1. The first-order chi connectivity index (χ1) is 15.1. The summed E-state index contributed by atoms with van der Waals surface area (Å²) in [5, 5.41) is 15.4. The molecule has 0 fully saturated rings. The van der Waals surface area contributed by atoms with Gasteiger partial charge >= 0.3 is 5.97 Å². The van der Waals surface area contributed by atoms with Crippen LogP contribution < -0.4 is 22.1 Å². The fraction of sp³-hybridized carbons (Fsp3) is 0.455. The molecule has 0 radical (unpaired) electrons. The Morgan fingerprint density at radius 1 is 1.06 bits per heavy atom. The predicted octanol–water partition coefficient (Wildman–Crippen LogP) is 0.404. The maximum absolute atomic E-state index is 13.0. The second-order valence-corrected chi connectivity index (χ2v) is 8.27. The van der Waals surface area contributed by atoms with Crippen LogP contribution in [0.3, 0.4) is 0 Å². The van der Waals surface area contributed by atoms with Gasteiger partial charge < -0.3 is 32.2 Å². The number of carbonyl (C=O) groups is 4. The fourth-order valence-corrected chi connectivity index (χ4v) is 3.44. The Kier molecular flexibility index (Phi) is 8.77. The van der Waals surface area contributed by atoms with Crippen molar-refractivity contribution in [3.8, 4) is 0 Å². The zero-order valence-electron chi connectivity index (χ0n) is 18.3. The van der Waals surface area contributed by atoms with E-state index in [2.05, 4.69) is 15.6 Å². The first-order valence-corrected chi connectivity index (χ1v) is 10.5. The van der Waals surface area contributed by atoms with Crippen LogP contribution >= 0.6 is 0 Å². The molecule has 3 unspecified atom stereocenters. The minimum Gasteiger partial charge on any atom is -0.480 e. The average molecular weight is 446 g/mol. The molecular weight excluding hydrogens is 414 g/mol. The molecule has 3 atom stereocenters. The molecule has 0 saturated carbocycles. The molecule has 0 saturated heterocycles. The Balaban J connectivity index is 2.23. The van der Waals surface area contributed by atoms with Crippen molar-refractivity contribution >= 4 is 34.6 Å². The van der Waals surface area contributed by atoms with Gasteiger partial charge in [-0.3, -0.25) is 14.4 Å². The minimum atomic E-state index is -1.32. The first kappa shape index (κ1) is 24.9. The predicted molar refractivity (Wildman–Crippen MR) is 119 cm³/mol. The third-order valence-corrected chi connectivity index (χ3v) is 5.09. The van der Waals surface area contributed by atoms with Crippen LogP contribution in [-0.4, -0.2) is 51.9 Å². The highest BCUT2D eigenvalue weighted by Crippen LogP contribution is 2.19. The van der Waals surface area contributed by atoms with Gasteiger partial charge in [-0.05, 0) is 30.4 Å². The van der Waals surface area contributed by atoms with E-state index < -0.39 is 41.8 Å². The van der Waals surface area contributed by atoms with Gasteiger partial charge in [0.1, 0.15) is 12.1 Å². The highest BCUT2D eigenvalue weighted by atomic mass is 16.4. The molecule has 0 aliphatic carbocycles. The zero-order valence-corrected chi connectivity index (χ0v) is 18.3. The van der Waals surface area contributed by atoms with Crippen LogP contribution in [0.15, 0.2) is 30.5 Å². The lowest BCUT2D eigenvalue weighted by atomic mass is 10.0. The summed E-state index contributed by atoms with van der Waals surface area (Å²) < 4.78 is 0. The Morgan fingerprint density at radius 2 is 1.72 bits per heavy atom. The molecule has 1 aromatic carbocycles. The number of aliphatic carboxylic acids is 1. The van der Waals surface area contributed by atoms with Crippen molar-refractivity contribution in [1.82, 2.24) is 15.6 Å². The molecule has 10 heteroatoms. The van der Waals surface area contributed by atoms with Gasteiger partial charge in [-0.2, -0.15) is 0 Å². The fourth-order valence-electron chi connectivity index (χ4n) is 3.44. The summed E-state index contributed by atoms with van der Waals surface area (Å²) in [5.74, 6) is -2.97. The van der Waals surface area contributed by atoms with Crippen molar-refractivity contribution in [3.05, 3.63) is 36.0 Å². The van der Waals surface area contributed by atoms with E-state index in [-0.39, 0.29) is 25.2 Å². The number of fused-ring (bicyclic) bond motifs is 1. The monoisotopic (exact) mass is 445 g/mol. The molecule has 2 rings (SSSR count). The van der Waals surface area contributed by atoms with E-state index >= 15 is 0 Å². The third kappa shape index (κ3) is 7.09. The van der Waals surface area contributed by atoms with Crippen LogP contribution in [0.4, 0.5) is 0 Å². The lowest BCUT2D eigenvalue weighted by Crippen LogP contribution is -2.55. The molecule has 3 amide bonds. The molecule has 32 heavy (non-hydrogen) atoms. The lowest BCUT2D eigenvalue weighted by molar-refractivity contribution is -0.142. The molecule has 8 N–H and O–H groups in total. The topological polar surface area (TPSA) is 180 Å². The molecule has 1 heterocycles. The average Bonchev–Trinajstić information content (AvgIpc) is 3.12. The number of rotatable bonds is 12. The van der Waals surface area contributed by atoms with Crippen LogP contribution in [0.2, 0.25) is 0 Å². The second kappa shape index (κ2) is 11.3. The number of hydrogen-bond donors (Lipinski definition) is 6. The van der Waals surface area contributed by atoms with E-state index in [0.717, 1.165) is 16.5 Å². The van der Waals surface area contributed by atoms with Gasteiger partial charge in [0.05, 0.1) is 6.04 Å². The highest BCUT2D eigenvalue weighted by molar-refractivity contribution is 5.93. The highest BCUT2D eigenvalue weighted by Gasteiger charge is 2.29. The molecule has 0 spiro atoms. The zero-order chi connectivity index (χ0) is 23.8. The minimum absolute atomic E-state index is 0.123. The van der Waals surface area contributed by atoms with Crippen molar-refractivity contribution in [2.45, 2.75) is 57.7 Å². The number of aromatic nitrogens is 1. The first-order valence-electron chi connectivity index (χ1n) is 10.5. The van der Waals surface area contributed by atoms with Crippen molar-refractivity contribution in [2.75, 3.05) is 0 Å². The Morgan fingerprint density at radius 3 is 2.34 bits per heavy atom. The maximum atomic E-state index is 13.0. The number of carboxylic acids is 1. The molecule has 2 aromatic rings. The van der Waals surface area contributed by atoms with Crippen molar-refractivity contribution in [1.29, 1.82) is 0 Å². The van der Waals surface area contributed by atoms with Gasteiger partial charge in [-0.15, -0.1) is 0 Å². The number of nitrogens with one attached hydrogen (secondary N) is 3. The van der Waals surface area contributed by atoms with Gasteiger partial charge in [0.15, 0.2) is 0 Å². The quantitative estimate of drug-likeness (QED) is 0.275. The molecule has 0 bridgehead atoms. The number of benzene rings is 1. The van der Waals surface area contributed by atoms with Crippen LogP contribution in [-0.2, 0) is 25.6 Å². The normalized spacial score (nSPS) is 14.0. The van der Waals surface area contributed by atoms with E-state index in [0.29, 0.717) is 6.42 Å². The number of nitrogens with two attached hydrogens (primary N) is 2. The Hall–Kier alpha value is -3.40. The van der Waals surface area contributed by atoms with Crippen LogP contribution in [0.25, 0.3) is 10.9 Å². The largest absolute Gasteiger partial charge is 0.480 e. The summed E-state index contributed by atoms with van der Waals surface area (Å²) >= 11 is 0. The SMILES string of the molecule is CC(C)CC(N)C(=O)NC(Cc1c[nH]c2ccccc12)C(=O)NC(CCC(N)=O)C(=O)O. The van der Waals surface area contributed by atoms with Crippen LogP contribution in [0.5, 0.6) is 0 Å². The summed E-state index contributed by atoms with van der Waals surface area (Å²) in [7, 11) is 0. The number of amides is 3. The van der Waals surface area contributed by atoms with Gasteiger partial charge in [0.2, 0.25) is 17.7 Å². The van der Waals surface area contributed by atoms with Gasteiger partial charge in [0.25, 0.3) is 0 Å². The standard InChI is InChI=1S/C22H31N5O5/c1-12(2)9-15(23)20(29)27-18(10-13-11-25-16-6-4-3-5-14(13)16)21(30)26-17(22(31)32)7-8-19(24)28/h3-6,11-12,15,17-18,25H,7-10,23H2,1-2H3,(H2,24,28)(H,26,30)(H,27,29)(H,31,32). The van der Waals surface area contributed by atoms with Gasteiger partial charge in [0, 0.05) is 29.9 Å². The van der Waals surface area contributed by atoms with Crippen LogP contribution in [0, 0.1) is 5.92 Å². The van der Waals surface area contributed by atoms with E-state index in [9.17, 15) is 24.3 Å². The Labute approximate surface area is 186 Å². The van der Waals surface area contributed by atoms with Crippen molar-refractivity contribution < 1.29 is 24.3 Å². The molecular formula is C22H31N5O5. The number of primary amides is 1. The molecule has 0 aliphatic heterocycles. The number of carbonyl (C=O) groups excluding carboxylic acids is 3. The summed E-state index contributed by atoms with van der Waals surface area (Å²) in [6.45, 7) is 3.86. The maximum Gasteiger partial charge on any atom is 0.326 e. The van der Waals surface area contributed by atoms with E-state index in [1.165, 1.54) is 0 Å². The second-order valence-electron chi connectivity index (χ2n) is 8.27. The number of para-hydroxylation sites is 1. The van der Waals surface area contributed by atoms with E-state index in [4.69, 9.17) is 11.5 Å². The van der Waals surface area contributed by atoms with Gasteiger partial charge in [-0.1, -0.05) is 32.0 Å². The van der Waals surface area contributed by atoms with Crippen LogP contribution in [0.1, 0.15) is 38.7 Å². The summed E-state index contributed by atoms with van der Waals surface area (Å²) in [4.78, 5) is 51.3. The van der Waals surface area contributed by atoms with Crippen molar-refractivity contribution in [3.63, 3.8) is 0 Å². The summed E-state index contributed by atoms with van der Waals surface area (Å²) in [6, 6.07) is 4.31. The van der Waals surface area contributed by atoms with E-state index in [1.54, 1.807) is 6.20 Å². The number of hydrogen-bond acceptors (Lipinski definition) is 5. The third-order valence-electron chi connectivity index (χ3n) is 5.09. The van der Waals surface area contributed by atoms with Gasteiger partial charge in [-0.25, -0.2) is 4.79 Å². The molecule has 0 aliphatic rings. The molecule has 1 aromatic heterocycles. The summed E-state index contributed by atoms with van der Waals surface area (Å²) in [6.07, 6.45) is 1.95. The molecule has 174 valence electrons. The number of carboxylic acid groups (broad SMARTS) is 1. The Bertz CT molecular complexity index is 971. The van der Waals surface area contributed by atoms with E-state index in [1.807, 2.05) is 38.1 Å². The summed E-state index contributed by atoms with van der Waals surface area (Å²) in [5.41, 5.74) is 12.7. The number of H-pyrrole nitrogens is 1. The lowest BCUT2D eigenvalue weighted by Gasteiger charge is -2.23. The molecule has 10 nitrogen and oxygen atoms in total.